The molecule has 0 saturated heterocycles. The Morgan fingerprint density at radius 2 is 0.487 bits per heavy atom. The summed E-state index contributed by atoms with van der Waals surface area (Å²) in [5.41, 5.74) is 0. The second-order valence-corrected chi connectivity index (χ2v) is 21.6. The molecule has 0 aliphatic heterocycles. The van der Waals surface area contributed by atoms with Crippen LogP contribution < -0.4 is 0 Å². The van der Waals surface area contributed by atoms with Gasteiger partial charge in [-0.15, -0.1) is 0 Å². The van der Waals surface area contributed by atoms with Crippen LogP contribution in [0.2, 0.25) is 0 Å². The lowest BCUT2D eigenvalue weighted by atomic mass is 10.0. The summed E-state index contributed by atoms with van der Waals surface area (Å²) in [7, 11) is 0. The minimum Gasteiger partial charge on any atom is -0.462 e. The molecule has 0 aliphatic rings. The molecule has 0 spiro atoms. The van der Waals surface area contributed by atoms with Gasteiger partial charge in [0, 0.05) is 19.3 Å². The average molecular weight is 1110 g/mol. The van der Waals surface area contributed by atoms with Crippen LogP contribution in [0.1, 0.15) is 297 Å². The van der Waals surface area contributed by atoms with Gasteiger partial charge >= 0.3 is 17.9 Å². The van der Waals surface area contributed by atoms with Gasteiger partial charge in [-0.25, -0.2) is 0 Å². The molecule has 0 radical (unpaired) electrons. The van der Waals surface area contributed by atoms with Gasteiger partial charge in [0.15, 0.2) is 6.10 Å². The molecule has 1 unspecified atom stereocenters. The second kappa shape index (κ2) is 67.1. The number of hydrogen-bond donors (Lipinski definition) is 0. The van der Waals surface area contributed by atoms with Crippen LogP contribution in [0, 0.1) is 0 Å². The summed E-state index contributed by atoms with van der Waals surface area (Å²) in [6.07, 6.45) is 95.0. The fraction of sp³-hybridized carbons (Fsp3) is 0.662. The van der Waals surface area contributed by atoms with Crippen molar-refractivity contribution in [2.45, 2.75) is 303 Å². The number of carbonyl (C=O) groups is 3. The van der Waals surface area contributed by atoms with Crippen molar-refractivity contribution in [3.63, 3.8) is 0 Å². The van der Waals surface area contributed by atoms with Crippen molar-refractivity contribution in [2.24, 2.45) is 0 Å². The summed E-state index contributed by atoms with van der Waals surface area (Å²) in [4.78, 5) is 38.1. The number of unbranched alkanes of at least 4 members (excludes halogenated alkanes) is 26. The maximum Gasteiger partial charge on any atom is 0.306 e. The zero-order chi connectivity index (χ0) is 57.8. The Morgan fingerprint density at radius 3 is 0.762 bits per heavy atom. The van der Waals surface area contributed by atoms with Crippen LogP contribution >= 0.6 is 0 Å². The minimum atomic E-state index is -0.784. The van der Waals surface area contributed by atoms with Crippen molar-refractivity contribution >= 4 is 17.9 Å². The molecule has 0 aromatic rings. The Kier molecular flexibility index (Phi) is 63.3. The molecule has 6 heteroatoms. The Balaban J connectivity index is 4.12. The number of hydrogen-bond acceptors (Lipinski definition) is 6. The van der Waals surface area contributed by atoms with Gasteiger partial charge in [-0.2, -0.15) is 0 Å². The Hall–Kier alpha value is -4.45. The fourth-order valence-electron chi connectivity index (χ4n) is 9.00. The molecule has 1 atom stereocenters. The van der Waals surface area contributed by atoms with Crippen molar-refractivity contribution in [3.05, 3.63) is 134 Å². The molecular formula is C74H122O6. The lowest BCUT2D eigenvalue weighted by Gasteiger charge is -2.18. The number of allylic oxidation sites excluding steroid dienone is 22. The summed E-state index contributed by atoms with van der Waals surface area (Å²) in [6, 6.07) is 0. The van der Waals surface area contributed by atoms with Gasteiger partial charge in [-0.05, 0) is 116 Å². The molecule has 0 aromatic carbocycles. The smallest absolute Gasteiger partial charge is 0.306 e. The van der Waals surface area contributed by atoms with Crippen molar-refractivity contribution in [3.8, 4) is 0 Å². The molecule has 0 heterocycles. The van der Waals surface area contributed by atoms with E-state index in [9.17, 15) is 14.4 Å². The summed E-state index contributed by atoms with van der Waals surface area (Å²) < 4.78 is 16.8. The van der Waals surface area contributed by atoms with E-state index in [0.29, 0.717) is 19.3 Å². The lowest BCUT2D eigenvalue weighted by Crippen LogP contribution is -2.30. The fourth-order valence-corrected chi connectivity index (χ4v) is 9.00. The molecular weight excluding hydrogens is 985 g/mol. The van der Waals surface area contributed by atoms with Gasteiger partial charge < -0.3 is 14.2 Å². The molecule has 0 amide bonds. The number of ether oxygens (including phenoxy) is 3. The zero-order valence-corrected chi connectivity index (χ0v) is 52.0. The third-order valence-electron chi connectivity index (χ3n) is 13.9. The van der Waals surface area contributed by atoms with Crippen LogP contribution in [-0.4, -0.2) is 37.2 Å². The van der Waals surface area contributed by atoms with Gasteiger partial charge in [-0.3, -0.25) is 14.4 Å². The first-order chi connectivity index (χ1) is 39.5. The van der Waals surface area contributed by atoms with Gasteiger partial charge in [0.05, 0.1) is 0 Å². The molecule has 454 valence electrons. The van der Waals surface area contributed by atoms with Crippen LogP contribution in [0.15, 0.2) is 134 Å². The van der Waals surface area contributed by atoms with E-state index in [1.165, 1.54) is 122 Å². The van der Waals surface area contributed by atoms with Crippen molar-refractivity contribution in [1.29, 1.82) is 0 Å². The third kappa shape index (κ3) is 64.4. The quantitative estimate of drug-likeness (QED) is 0.0261. The maximum atomic E-state index is 12.9. The number of carbonyl (C=O) groups excluding carboxylic acids is 3. The normalized spacial score (nSPS) is 13.0. The summed E-state index contributed by atoms with van der Waals surface area (Å²) in [6.45, 7) is 6.36. The van der Waals surface area contributed by atoms with E-state index in [-0.39, 0.29) is 31.1 Å². The molecule has 0 saturated carbocycles. The Bertz CT molecular complexity index is 1700. The topological polar surface area (TPSA) is 78.9 Å². The SMILES string of the molecule is CC/C=C\C/C=C\C/C=C\C/C=C\C/C=C\C/C=C\C/C=C\CCCCCCCCCC(=O)OCC(COC(=O)CCCCCCCC)OC(=O)CCCCCCCCCCCCCCCC/C=C\C/C=C\C/C=C\C/C=C\CC. The van der Waals surface area contributed by atoms with E-state index in [2.05, 4.69) is 154 Å². The highest BCUT2D eigenvalue weighted by Crippen LogP contribution is 2.16. The highest BCUT2D eigenvalue weighted by atomic mass is 16.6. The first kappa shape index (κ1) is 75.5. The van der Waals surface area contributed by atoms with E-state index >= 15 is 0 Å². The monoisotopic (exact) mass is 1110 g/mol. The lowest BCUT2D eigenvalue weighted by molar-refractivity contribution is -0.167. The Labute approximate surface area is 494 Å². The Morgan fingerprint density at radius 1 is 0.263 bits per heavy atom. The van der Waals surface area contributed by atoms with Crippen LogP contribution in [-0.2, 0) is 28.6 Å². The minimum absolute atomic E-state index is 0.0831. The second-order valence-electron chi connectivity index (χ2n) is 21.6. The zero-order valence-electron chi connectivity index (χ0n) is 52.0. The predicted octanol–water partition coefficient (Wildman–Crippen LogP) is 22.9. The highest BCUT2D eigenvalue weighted by molar-refractivity contribution is 5.71. The van der Waals surface area contributed by atoms with E-state index in [0.717, 1.165) is 135 Å². The summed E-state index contributed by atoms with van der Waals surface area (Å²) in [5, 5.41) is 0. The van der Waals surface area contributed by atoms with Crippen molar-refractivity contribution in [2.75, 3.05) is 13.2 Å². The molecule has 0 bridgehead atoms. The van der Waals surface area contributed by atoms with Crippen molar-refractivity contribution < 1.29 is 28.6 Å². The average Bonchev–Trinajstić information content (AvgIpc) is 3.46. The maximum absolute atomic E-state index is 12.9. The van der Waals surface area contributed by atoms with Crippen LogP contribution in [0.4, 0.5) is 0 Å². The molecule has 0 rings (SSSR count). The van der Waals surface area contributed by atoms with Crippen LogP contribution in [0.25, 0.3) is 0 Å². The number of rotatable bonds is 59. The summed E-state index contributed by atoms with van der Waals surface area (Å²) >= 11 is 0. The largest absolute Gasteiger partial charge is 0.462 e. The highest BCUT2D eigenvalue weighted by Gasteiger charge is 2.19. The summed E-state index contributed by atoms with van der Waals surface area (Å²) in [5.74, 6) is -0.901. The van der Waals surface area contributed by atoms with Gasteiger partial charge in [0.1, 0.15) is 13.2 Å². The van der Waals surface area contributed by atoms with E-state index in [4.69, 9.17) is 14.2 Å². The van der Waals surface area contributed by atoms with E-state index in [1.807, 2.05) is 0 Å². The molecule has 0 aliphatic carbocycles. The van der Waals surface area contributed by atoms with Gasteiger partial charge in [-0.1, -0.05) is 296 Å². The molecule has 0 N–H and O–H groups in total. The van der Waals surface area contributed by atoms with E-state index in [1.54, 1.807) is 0 Å². The molecule has 6 nitrogen and oxygen atoms in total. The molecule has 0 fully saturated rings. The van der Waals surface area contributed by atoms with Crippen LogP contribution in [0.3, 0.4) is 0 Å². The number of esters is 3. The first-order valence-electron chi connectivity index (χ1n) is 33.2. The molecule has 80 heavy (non-hydrogen) atoms. The standard InChI is InChI=1S/C74H122O6/c1-4-7-10-13-16-18-20-22-24-26-28-30-32-34-36-37-39-40-42-44-46-48-50-52-54-56-58-61-64-67-73(76)79-70-71(69-78-72(75)66-63-60-15-12-9-6-3)80-74(77)68-65-62-59-57-55-53-51-49-47-45-43-41-38-35-33-31-29-27-25-23-21-19-17-14-11-8-5-2/h7-8,10-11,16-19,22-25,28-31,34,36,39-40,44,46,71H,4-6,9,12-15,20-21,26-27,32-33,35,37-38,41-43,45,47-70H2,1-3H3/b10-7-,11-8-,18-16-,19-17-,24-22-,25-23-,30-28-,31-29-,36-34-,40-39-,46-44-. The van der Waals surface area contributed by atoms with Crippen LogP contribution in [0.5, 0.6) is 0 Å². The third-order valence-corrected chi connectivity index (χ3v) is 13.9. The van der Waals surface area contributed by atoms with Gasteiger partial charge in [0.25, 0.3) is 0 Å². The van der Waals surface area contributed by atoms with Gasteiger partial charge in [0.2, 0.25) is 0 Å². The van der Waals surface area contributed by atoms with E-state index < -0.39 is 6.10 Å². The first-order valence-corrected chi connectivity index (χ1v) is 33.2. The van der Waals surface area contributed by atoms with Crippen molar-refractivity contribution in [1.82, 2.24) is 0 Å². The predicted molar refractivity (Wildman–Crippen MR) is 348 cm³/mol. The molecule has 0 aromatic heterocycles.